The molecule has 0 amide bonds. The number of nitrogens with one attached hydrogen (secondary N) is 1. The highest BCUT2D eigenvalue weighted by Gasteiger charge is 2.13. The van der Waals surface area contributed by atoms with Gasteiger partial charge in [-0.15, -0.1) is 0 Å². The summed E-state index contributed by atoms with van der Waals surface area (Å²) in [6, 6.07) is 18.5. The molecule has 0 unspecified atom stereocenters. The third kappa shape index (κ3) is 4.96. The highest BCUT2D eigenvalue weighted by Crippen LogP contribution is 2.37. The maximum atomic E-state index is 13.8. The van der Waals surface area contributed by atoms with Crippen molar-refractivity contribution in [2.75, 3.05) is 12.4 Å². The van der Waals surface area contributed by atoms with Crippen molar-refractivity contribution >= 4 is 17.3 Å². The molecule has 0 aliphatic carbocycles. The zero-order valence-corrected chi connectivity index (χ0v) is 16.7. The molecule has 0 aliphatic heterocycles. The molecule has 146 valence electrons. The molecule has 0 radical (unpaired) electrons. The largest absolute Gasteiger partial charge is 0.493 e. The number of hydrogen-bond donors (Lipinski definition) is 1. The third-order valence-corrected chi connectivity index (χ3v) is 4.76. The third-order valence-electron chi connectivity index (χ3n) is 4.48. The Morgan fingerprint density at radius 3 is 2.43 bits per heavy atom. The molecule has 0 aliphatic rings. The van der Waals surface area contributed by atoms with Crippen LogP contribution in [-0.4, -0.2) is 7.11 Å². The summed E-state index contributed by atoms with van der Waals surface area (Å²) in [5.74, 6) is 0.609. The highest BCUT2D eigenvalue weighted by molar-refractivity contribution is 6.32. The maximum Gasteiger partial charge on any atom is 0.180 e. The Bertz CT molecular complexity index is 928. The summed E-state index contributed by atoms with van der Waals surface area (Å²) >= 11 is 6.41. The standard InChI is InChI=1S/C23H23ClFNO2/c1-3-16-8-10-19(11-9-16)26-14-17-12-20(24)23(22(13-17)27-2)28-15-18-6-4-5-7-21(18)25/h4-13,26H,3,14-15H2,1-2H3. The molecule has 0 saturated carbocycles. The van der Waals surface area contributed by atoms with Crippen molar-refractivity contribution in [2.24, 2.45) is 0 Å². The van der Waals surface area contributed by atoms with Crippen LogP contribution >= 0.6 is 11.6 Å². The fourth-order valence-electron chi connectivity index (χ4n) is 2.84. The van der Waals surface area contributed by atoms with E-state index in [4.69, 9.17) is 21.1 Å². The van der Waals surface area contributed by atoms with Gasteiger partial charge in [0, 0.05) is 17.8 Å². The highest BCUT2D eigenvalue weighted by atomic mass is 35.5. The zero-order valence-electron chi connectivity index (χ0n) is 16.0. The van der Waals surface area contributed by atoms with Crippen molar-refractivity contribution in [3.8, 4) is 11.5 Å². The van der Waals surface area contributed by atoms with E-state index in [9.17, 15) is 4.39 Å². The maximum absolute atomic E-state index is 13.8. The van der Waals surface area contributed by atoms with E-state index in [0.717, 1.165) is 17.7 Å². The summed E-state index contributed by atoms with van der Waals surface area (Å²) in [4.78, 5) is 0. The van der Waals surface area contributed by atoms with Crippen LogP contribution in [0.4, 0.5) is 10.1 Å². The van der Waals surface area contributed by atoms with Crippen LogP contribution in [0.5, 0.6) is 11.5 Å². The lowest BCUT2D eigenvalue weighted by Gasteiger charge is -2.15. The van der Waals surface area contributed by atoms with Crippen molar-refractivity contribution in [1.29, 1.82) is 0 Å². The number of methoxy groups -OCH3 is 1. The van der Waals surface area contributed by atoms with Crippen molar-refractivity contribution in [1.82, 2.24) is 0 Å². The van der Waals surface area contributed by atoms with Crippen LogP contribution in [-0.2, 0) is 19.6 Å². The van der Waals surface area contributed by atoms with Gasteiger partial charge in [0.05, 0.1) is 12.1 Å². The van der Waals surface area contributed by atoms with Crippen LogP contribution in [0.1, 0.15) is 23.6 Å². The van der Waals surface area contributed by atoms with Gasteiger partial charge in [0.1, 0.15) is 12.4 Å². The minimum Gasteiger partial charge on any atom is -0.493 e. The van der Waals surface area contributed by atoms with Gasteiger partial charge in [-0.25, -0.2) is 4.39 Å². The second kappa shape index (κ2) is 9.47. The first-order valence-corrected chi connectivity index (χ1v) is 9.54. The Hall–Kier alpha value is -2.72. The van der Waals surface area contributed by atoms with E-state index in [-0.39, 0.29) is 12.4 Å². The van der Waals surface area contributed by atoms with E-state index in [2.05, 4.69) is 36.5 Å². The van der Waals surface area contributed by atoms with E-state index in [1.807, 2.05) is 12.1 Å². The second-order valence-corrected chi connectivity index (χ2v) is 6.80. The number of aryl methyl sites for hydroxylation is 1. The summed E-state index contributed by atoms with van der Waals surface area (Å²) in [5.41, 5.74) is 3.75. The molecule has 0 bridgehead atoms. The molecule has 3 rings (SSSR count). The van der Waals surface area contributed by atoms with Crippen LogP contribution < -0.4 is 14.8 Å². The van der Waals surface area contributed by atoms with E-state index in [1.54, 1.807) is 25.3 Å². The first-order chi connectivity index (χ1) is 13.6. The van der Waals surface area contributed by atoms with Crippen molar-refractivity contribution in [2.45, 2.75) is 26.5 Å². The number of halogens is 2. The Kier molecular flexibility index (Phi) is 6.77. The minimum absolute atomic E-state index is 0.0735. The quantitative estimate of drug-likeness (QED) is 0.486. The molecule has 0 aromatic heterocycles. The molecule has 3 aromatic carbocycles. The number of rotatable bonds is 8. The average Bonchev–Trinajstić information content (AvgIpc) is 2.72. The molecule has 5 heteroatoms. The molecule has 28 heavy (non-hydrogen) atoms. The van der Waals surface area contributed by atoms with Gasteiger partial charge in [-0.3, -0.25) is 0 Å². The Balaban J connectivity index is 1.70. The van der Waals surface area contributed by atoms with E-state index < -0.39 is 0 Å². The van der Waals surface area contributed by atoms with Gasteiger partial charge >= 0.3 is 0 Å². The monoisotopic (exact) mass is 399 g/mol. The first kappa shape index (κ1) is 20.0. The van der Waals surface area contributed by atoms with Crippen molar-refractivity contribution in [3.63, 3.8) is 0 Å². The van der Waals surface area contributed by atoms with Gasteiger partial charge in [0.15, 0.2) is 11.5 Å². The Labute approximate surface area is 170 Å². The van der Waals surface area contributed by atoms with Crippen molar-refractivity contribution in [3.05, 3.63) is 88.2 Å². The number of ether oxygens (including phenoxy) is 2. The molecular formula is C23H23ClFNO2. The molecule has 0 spiro atoms. The van der Waals surface area contributed by atoms with Crippen LogP contribution in [0.2, 0.25) is 5.02 Å². The van der Waals surface area contributed by atoms with Crippen LogP contribution in [0.3, 0.4) is 0 Å². The fraction of sp³-hybridized carbons (Fsp3) is 0.217. The number of anilines is 1. The fourth-order valence-corrected chi connectivity index (χ4v) is 3.13. The number of hydrogen-bond acceptors (Lipinski definition) is 3. The minimum atomic E-state index is -0.312. The summed E-state index contributed by atoms with van der Waals surface area (Å²) in [5, 5.41) is 3.80. The smallest absolute Gasteiger partial charge is 0.180 e. The Morgan fingerprint density at radius 2 is 1.75 bits per heavy atom. The van der Waals surface area contributed by atoms with Crippen LogP contribution in [0, 0.1) is 5.82 Å². The first-order valence-electron chi connectivity index (χ1n) is 9.16. The predicted octanol–water partition coefficient (Wildman–Crippen LogP) is 6.24. The lowest BCUT2D eigenvalue weighted by Crippen LogP contribution is -2.03. The summed E-state index contributed by atoms with van der Waals surface area (Å²) in [6.07, 6.45) is 1.02. The zero-order chi connectivity index (χ0) is 19.9. The van der Waals surface area contributed by atoms with Crippen LogP contribution in [0.15, 0.2) is 60.7 Å². The average molecular weight is 400 g/mol. The molecule has 0 heterocycles. The van der Waals surface area contributed by atoms with Crippen LogP contribution in [0.25, 0.3) is 0 Å². The second-order valence-electron chi connectivity index (χ2n) is 6.39. The molecule has 0 fully saturated rings. The van der Waals surface area contributed by atoms with E-state index in [0.29, 0.717) is 28.6 Å². The van der Waals surface area contributed by atoms with E-state index >= 15 is 0 Å². The lowest BCUT2D eigenvalue weighted by atomic mass is 10.1. The van der Waals surface area contributed by atoms with Gasteiger partial charge in [-0.1, -0.05) is 48.9 Å². The number of benzene rings is 3. The SMILES string of the molecule is CCc1ccc(NCc2cc(Cl)c(OCc3ccccc3F)c(OC)c2)cc1. The molecule has 0 saturated heterocycles. The molecule has 3 nitrogen and oxygen atoms in total. The predicted molar refractivity (Wildman–Crippen MR) is 112 cm³/mol. The summed E-state index contributed by atoms with van der Waals surface area (Å²) < 4.78 is 25.0. The molecular weight excluding hydrogens is 377 g/mol. The van der Waals surface area contributed by atoms with E-state index in [1.165, 1.54) is 11.6 Å². The van der Waals surface area contributed by atoms with Gasteiger partial charge in [-0.2, -0.15) is 0 Å². The van der Waals surface area contributed by atoms with Crippen molar-refractivity contribution < 1.29 is 13.9 Å². The van der Waals surface area contributed by atoms with Gasteiger partial charge in [-0.05, 0) is 47.9 Å². The Morgan fingerprint density at radius 1 is 1.00 bits per heavy atom. The molecule has 1 N–H and O–H groups in total. The van der Waals surface area contributed by atoms with Gasteiger partial charge < -0.3 is 14.8 Å². The van der Waals surface area contributed by atoms with Gasteiger partial charge in [0.25, 0.3) is 0 Å². The lowest BCUT2D eigenvalue weighted by molar-refractivity contribution is 0.280. The summed E-state index contributed by atoms with van der Waals surface area (Å²) in [7, 11) is 1.56. The molecule has 3 aromatic rings. The van der Waals surface area contributed by atoms with Gasteiger partial charge in [0.2, 0.25) is 0 Å². The topological polar surface area (TPSA) is 30.5 Å². The normalized spacial score (nSPS) is 10.6. The molecule has 0 atom stereocenters. The summed E-state index contributed by atoms with van der Waals surface area (Å²) in [6.45, 7) is 2.80.